The second-order valence-electron chi connectivity index (χ2n) is 21.0. The predicted octanol–water partition coefficient (Wildman–Crippen LogP) is 21.2. The van der Waals surface area contributed by atoms with E-state index in [0.29, 0.717) is 19.3 Å². The Kier molecular flexibility index (Phi) is 58.2. The molecule has 0 amide bonds. The van der Waals surface area contributed by atoms with Crippen LogP contribution in [0, 0.1) is 0 Å². The lowest BCUT2D eigenvalue weighted by atomic mass is 10.0. The van der Waals surface area contributed by atoms with E-state index in [1.54, 1.807) is 0 Å². The van der Waals surface area contributed by atoms with Gasteiger partial charge in [-0.15, -0.1) is 0 Å². The summed E-state index contributed by atoms with van der Waals surface area (Å²) in [5.41, 5.74) is 0. The maximum absolute atomic E-state index is 12.8. The van der Waals surface area contributed by atoms with E-state index >= 15 is 0 Å². The average molecular weight is 1010 g/mol. The topological polar surface area (TPSA) is 78.9 Å². The number of ether oxygens (including phenoxy) is 3. The standard InChI is InChI=1S/C66H118O6/c1-4-7-10-13-16-18-20-22-24-26-27-28-29-30-31-32-33-34-35-36-37-38-39-41-42-44-46-48-50-53-56-59-65(68)71-62-63(61-70-64(67)58-55-52-15-12-9-6-3)72-66(69)60-57-54-51-49-47-45-43-40-25-23-21-19-17-14-11-8-5-2/h8,11,17,19,23,25,43,45,49,51,63H,4-7,9-10,12-16,18,20-22,24,26-42,44,46-48,50,52-62H2,1-3H3/b11-8-,19-17-,25-23-,45-43-,51-49-. The minimum Gasteiger partial charge on any atom is -0.462 e. The molecule has 0 aliphatic carbocycles. The minimum atomic E-state index is -0.799. The van der Waals surface area contributed by atoms with Gasteiger partial charge in [0.25, 0.3) is 0 Å². The van der Waals surface area contributed by atoms with Crippen molar-refractivity contribution in [1.82, 2.24) is 0 Å². The maximum atomic E-state index is 12.8. The fourth-order valence-electron chi connectivity index (χ4n) is 9.13. The Hall–Kier alpha value is -2.89. The second-order valence-corrected chi connectivity index (χ2v) is 21.0. The first-order valence-corrected chi connectivity index (χ1v) is 31.3. The molecule has 6 heteroatoms. The second kappa shape index (κ2) is 60.7. The van der Waals surface area contributed by atoms with Gasteiger partial charge in [0.05, 0.1) is 0 Å². The first-order chi connectivity index (χ1) is 35.5. The Balaban J connectivity index is 4.01. The molecule has 0 aromatic rings. The van der Waals surface area contributed by atoms with Gasteiger partial charge in [-0.2, -0.15) is 0 Å². The lowest BCUT2D eigenvalue weighted by Gasteiger charge is -2.18. The molecular formula is C66H118O6. The highest BCUT2D eigenvalue weighted by molar-refractivity contribution is 5.71. The van der Waals surface area contributed by atoms with Gasteiger partial charge >= 0.3 is 17.9 Å². The zero-order chi connectivity index (χ0) is 52.2. The van der Waals surface area contributed by atoms with Crippen LogP contribution in [0.5, 0.6) is 0 Å². The van der Waals surface area contributed by atoms with Crippen LogP contribution < -0.4 is 0 Å². The van der Waals surface area contributed by atoms with Gasteiger partial charge in [-0.1, -0.05) is 306 Å². The number of rotatable bonds is 57. The number of carbonyl (C=O) groups is 3. The van der Waals surface area contributed by atoms with Crippen LogP contribution >= 0.6 is 0 Å². The first-order valence-electron chi connectivity index (χ1n) is 31.3. The molecule has 72 heavy (non-hydrogen) atoms. The van der Waals surface area contributed by atoms with Crippen LogP contribution in [0.2, 0.25) is 0 Å². The molecule has 0 radical (unpaired) electrons. The van der Waals surface area contributed by atoms with E-state index < -0.39 is 6.10 Å². The van der Waals surface area contributed by atoms with E-state index in [2.05, 4.69) is 81.5 Å². The van der Waals surface area contributed by atoms with Gasteiger partial charge in [0.2, 0.25) is 0 Å². The lowest BCUT2D eigenvalue weighted by molar-refractivity contribution is -0.167. The SMILES string of the molecule is CC/C=C\C/C=C\C/C=C\C/C=C\C/C=C\CCCC(=O)OC(COC(=O)CCCCCCCC)COC(=O)CCCCCCCCCCCCCCCCCCCCCCCCCCCCCCCCC. The summed E-state index contributed by atoms with van der Waals surface area (Å²) in [7, 11) is 0. The van der Waals surface area contributed by atoms with Gasteiger partial charge in [-0.05, 0) is 57.8 Å². The molecule has 0 aromatic heterocycles. The van der Waals surface area contributed by atoms with Crippen molar-refractivity contribution in [3.05, 3.63) is 60.8 Å². The Morgan fingerprint density at radius 1 is 0.292 bits per heavy atom. The predicted molar refractivity (Wildman–Crippen MR) is 312 cm³/mol. The zero-order valence-corrected chi connectivity index (χ0v) is 47.9. The van der Waals surface area contributed by atoms with Crippen molar-refractivity contribution >= 4 is 17.9 Å². The molecule has 6 nitrogen and oxygen atoms in total. The molecule has 0 aromatic carbocycles. The van der Waals surface area contributed by atoms with Crippen LogP contribution in [0.15, 0.2) is 60.8 Å². The summed E-state index contributed by atoms with van der Waals surface area (Å²) in [6.07, 6.45) is 77.2. The number of hydrogen-bond donors (Lipinski definition) is 0. The van der Waals surface area contributed by atoms with E-state index in [4.69, 9.17) is 14.2 Å². The quantitative estimate of drug-likeness (QED) is 0.0261. The van der Waals surface area contributed by atoms with Crippen LogP contribution in [0.25, 0.3) is 0 Å². The number of esters is 3. The summed E-state index contributed by atoms with van der Waals surface area (Å²) in [5.74, 6) is -0.952. The van der Waals surface area contributed by atoms with Gasteiger partial charge in [-0.3, -0.25) is 14.4 Å². The highest BCUT2D eigenvalue weighted by Gasteiger charge is 2.19. The Labute approximate surface area is 447 Å². The monoisotopic (exact) mass is 1010 g/mol. The summed E-state index contributed by atoms with van der Waals surface area (Å²) >= 11 is 0. The van der Waals surface area contributed by atoms with Crippen LogP contribution in [-0.2, 0) is 28.6 Å². The lowest BCUT2D eigenvalue weighted by Crippen LogP contribution is -2.30. The number of hydrogen-bond acceptors (Lipinski definition) is 6. The minimum absolute atomic E-state index is 0.0940. The van der Waals surface area contributed by atoms with Crippen molar-refractivity contribution in [2.75, 3.05) is 13.2 Å². The van der Waals surface area contributed by atoms with Crippen molar-refractivity contribution in [2.45, 2.75) is 329 Å². The third-order valence-electron chi connectivity index (χ3n) is 13.8. The van der Waals surface area contributed by atoms with Gasteiger partial charge in [0.1, 0.15) is 13.2 Å². The molecule has 0 N–H and O–H groups in total. The molecule has 0 spiro atoms. The summed E-state index contributed by atoms with van der Waals surface area (Å²) in [6.45, 7) is 6.45. The third kappa shape index (κ3) is 58.0. The van der Waals surface area contributed by atoms with Crippen molar-refractivity contribution in [3.63, 3.8) is 0 Å². The summed E-state index contributed by atoms with van der Waals surface area (Å²) < 4.78 is 16.7. The van der Waals surface area contributed by atoms with Gasteiger partial charge in [0, 0.05) is 19.3 Å². The van der Waals surface area contributed by atoms with E-state index in [1.807, 2.05) is 0 Å². The van der Waals surface area contributed by atoms with E-state index in [9.17, 15) is 14.4 Å². The molecule has 0 heterocycles. The number of allylic oxidation sites excluding steroid dienone is 10. The van der Waals surface area contributed by atoms with Crippen molar-refractivity contribution in [3.8, 4) is 0 Å². The van der Waals surface area contributed by atoms with Crippen LogP contribution in [0.1, 0.15) is 323 Å². The van der Waals surface area contributed by atoms with Crippen LogP contribution in [0.3, 0.4) is 0 Å². The molecule has 0 saturated heterocycles. The smallest absolute Gasteiger partial charge is 0.306 e. The number of unbranched alkanes of at least 4 members (excludes halogenated alkanes) is 36. The molecule has 1 atom stereocenters. The Morgan fingerprint density at radius 3 is 0.833 bits per heavy atom. The van der Waals surface area contributed by atoms with Crippen molar-refractivity contribution < 1.29 is 28.6 Å². The van der Waals surface area contributed by atoms with E-state index in [-0.39, 0.29) is 37.5 Å². The molecule has 1 unspecified atom stereocenters. The molecule has 0 rings (SSSR count). The fourth-order valence-corrected chi connectivity index (χ4v) is 9.13. The van der Waals surface area contributed by atoms with Gasteiger partial charge in [0.15, 0.2) is 6.10 Å². The fraction of sp³-hybridized carbons (Fsp3) is 0.803. The molecule has 0 bridgehead atoms. The molecule has 0 aliphatic heterocycles. The van der Waals surface area contributed by atoms with Crippen LogP contribution in [-0.4, -0.2) is 37.2 Å². The summed E-state index contributed by atoms with van der Waals surface area (Å²) in [6, 6.07) is 0. The van der Waals surface area contributed by atoms with Crippen LogP contribution in [0.4, 0.5) is 0 Å². The molecule has 418 valence electrons. The Bertz CT molecular complexity index is 1290. The zero-order valence-electron chi connectivity index (χ0n) is 47.9. The molecule has 0 aliphatic rings. The largest absolute Gasteiger partial charge is 0.462 e. The van der Waals surface area contributed by atoms with Gasteiger partial charge in [-0.25, -0.2) is 0 Å². The van der Waals surface area contributed by atoms with Crippen molar-refractivity contribution in [2.24, 2.45) is 0 Å². The highest BCUT2D eigenvalue weighted by Crippen LogP contribution is 2.18. The number of carbonyl (C=O) groups excluding carboxylic acids is 3. The molecule has 0 fully saturated rings. The van der Waals surface area contributed by atoms with Crippen molar-refractivity contribution in [1.29, 1.82) is 0 Å². The summed E-state index contributed by atoms with van der Waals surface area (Å²) in [4.78, 5) is 37.9. The average Bonchev–Trinajstić information content (AvgIpc) is 3.38. The van der Waals surface area contributed by atoms with Gasteiger partial charge < -0.3 is 14.2 Å². The summed E-state index contributed by atoms with van der Waals surface area (Å²) in [5, 5.41) is 0. The molecular weight excluding hydrogens is 889 g/mol. The van der Waals surface area contributed by atoms with E-state index in [1.165, 1.54) is 199 Å². The molecule has 0 saturated carbocycles. The maximum Gasteiger partial charge on any atom is 0.306 e. The first kappa shape index (κ1) is 69.1. The Morgan fingerprint density at radius 2 is 0.542 bits per heavy atom. The highest BCUT2D eigenvalue weighted by atomic mass is 16.6. The van der Waals surface area contributed by atoms with E-state index in [0.717, 1.165) is 77.0 Å². The normalized spacial score (nSPS) is 12.4. The third-order valence-corrected chi connectivity index (χ3v) is 13.8.